The lowest BCUT2D eigenvalue weighted by Crippen LogP contribution is -2.67. The monoisotopic (exact) mass is 358 g/mol. The van der Waals surface area contributed by atoms with Gasteiger partial charge in [0.1, 0.15) is 18.1 Å². The van der Waals surface area contributed by atoms with Gasteiger partial charge in [-0.15, -0.1) is 11.8 Å². The van der Waals surface area contributed by atoms with E-state index in [2.05, 4.69) is 0 Å². The molecule has 2 amide bonds. The molecule has 3 aliphatic rings. The van der Waals surface area contributed by atoms with Gasteiger partial charge in [-0.2, -0.15) is 0 Å². The summed E-state index contributed by atoms with van der Waals surface area (Å²) < 4.78 is -0.682. The maximum absolute atomic E-state index is 12.4. The normalized spacial score (nSPS) is 33.8. The Hall–Kier alpha value is -1.32. The van der Waals surface area contributed by atoms with E-state index in [0.29, 0.717) is 25.9 Å². The van der Waals surface area contributed by atoms with Crippen molar-refractivity contribution < 1.29 is 29.7 Å². The van der Waals surface area contributed by atoms with Crippen LogP contribution < -0.4 is 0 Å². The molecule has 3 saturated heterocycles. The van der Waals surface area contributed by atoms with Crippen molar-refractivity contribution in [3.63, 3.8) is 0 Å². The molecule has 0 aromatic rings. The Bertz CT molecular complexity index is 574. The molecule has 0 aromatic carbocycles. The van der Waals surface area contributed by atoms with Crippen molar-refractivity contribution in [1.29, 1.82) is 0 Å². The first-order chi connectivity index (χ1) is 11.1. The van der Waals surface area contributed by atoms with Crippen LogP contribution >= 0.6 is 11.8 Å². The minimum Gasteiger partial charge on any atom is -0.480 e. The fourth-order valence-corrected chi connectivity index (χ4v) is 5.48. The predicted molar refractivity (Wildman–Crippen MR) is 85.0 cm³/mol. The van der Waals surface area contributed by atoms with Crippen LogP contribution in [0.25, 0.3) is 0 Å². The smallest absolute Gasteiger partial charge is 0.327 e. The van der Waals surface area contributed by atoms with Crippen LogP contribution in [-0.4, -0.2) is 84.4 Å². The van der Waals surface area contributed by atoms with E-state index >= 15 is 0 Å². The van der Waals surface area contributed by atoms with Crippen LogP contribution in [0, 0.1) is 5.92 Å². The zero-order chi connectivity index (χ0) is 17.8. The number of aliphatic hydroxyl groups is 2. The number of aliphatic hydroxyl groups excluding tert-OH is 2. The first-order valence-electron chi connectivity index (χ1n) is 8.03. The second kappa shape index (κ2) is 5.89. The summed E-state index contributed by atoms with van der Waals surface area (Å²) in [4.78, 5) is 39.1. The topological polar surface area (TPSA) is 118 Å². The van der Waals surface area contributed by atoms with Crippen molar-refractivity contribution in [2.45, 2.75) is 55.1 Å². The number of aliphatic carboxylic acids is 1. The summed E-state index contributed by atoms with van der Waals surface area (Å²) in [5.41, 5.74) is 0. The van der Waals surface area contributed by atoms with Gasteiger partial charge in [-0.1, -0.05) is 0 Å². The van der Waals surface area contributed by atoms with Crippen LogP contribution in [0.2, 0.25) is 0 Å². The van der Waals surface area contributed by atoms with Crippen molar-refractivity contribution in [3.8, 4) is 0 Å². The number of thioether (sulfide) groups is 1. The molecule has 3 fully saturated rings. The number of likely N-dealkylation sites (tertiary alicyclic amines) is 1. The number of β-lactam (4-membered cyclic amide) rings is 1. The second-order valence-electron chi connectivity index (χ2n) is 7.13. The van der Waals surface area contributed by atoms with E-state index in [-0.39, 0.29) is 0 Å². The fourth-order valence-electron chi connectivity index (χ4n) is 3.76. The summed E-state index contributed by atoms with van der Waals surface area (Å²) in [6.45, 7) is 4.20. The molecule has 24 heavy (non-hydrogen) atoms. The predicted octanol–water partition coefficient (Wildman–Crippen LogP) is -0.906. The third-order valence-corrected chi connectivity index (χ3v) is 6.68. The second-order valence-corrected chi connectivity index (χ2v) is 8.90. The number of amides is 2. The average molecular weight is 358 g/mol. The van der Waals surface area contributed by atoms with Gasteiger partial charge in [-0.3, -0.25) is 9.59 Å². The lowest BCUT2D eigenvalue weighted by molar-refractivity contribution is -0.173. The maximum atomic E-state index is 12.4. The van der Waals surface area contributed by atoms with Gasteiger partial charge in [0.2, 0.25) is 5.91 Å². The highest BCUT2D eigenvalue weighted by Crippen LogP contribution is 2.54. The number of fused-ring (bicyclic) bond motifs is 1. The quantitative estimate of drug-likeness (QED) is 0.559. The van der Waals surface area contributed by atoms with E-state index in [1.807, 2.05) is 0 Å². The minimum atomic E-state index is -1.47. The molecular formula is C15H22N2O6S. The van der Waals surface area contributed by atoms with E-state index in [4.69, 9.17) is 0 Å². The van der Waals surface area contributed by atoms with E-state index in [9.17, 15) is 29.7 Å². The highest BCUT2D eigenvalue weighted by atomic mass is 32.2. The third-order valence-electron chi connectivity index (χ3n) is 5.09. The molecule has 3 heterocycles. The first kappa shape index (κ1) is 17.5. The van der Waals surface area contributed by atoms with Crippen LogP contribution in [0.1, 0.15) is 26.7 Å². The molecule has 3 rings (SSSR count). The molecule has 8 nitrogen and oxygen atoms in total. The Morgan fingerprint density at radius 3 is 2.42 bits per heavy atom. The van der Waals surface area contributed by atoms with Gasteiger partial charge in [0.05, 0.1) is 11.5 Å². The Labute approximate surface area is 143 Å². The van der Waals surface area contributed by atoms with Crippen molar-refractivity contribution in [3.05, 3.63) is 0 Å². The van der Waals surface area contributed by atoms with E-state index < -0.39 is 52.1 Å². The van der Waals surface area contributed by atoms with Gasteiger partial charge in [0.25, 0.3) is 5.91 Å². The number of hydrogen-bond donors (Lipinski definition) is 3. The van der Waals surface area contributed by atoms with Crippen molar-refractivity contribution in [2.24, 2.45) is 5.92 Å². The Morgan fingerprint density at radius 2 is 1.88 bits per heavy atom. The molecule has 0 bridgehead atoms. The van der Waals surface area contributed by atoms with Gasteiger partial charge in [0.15, 0.2) is 0 Å². The largest absolute Gasteiger partial charge is 0.480 e. The van der Waals surface area contributed by atoms with Crippen LogP contribution in [0.3, 0.4) is 0 Å². The van der Waals surface area contributed by atoms with E-state index in [1.54, 1.807) is 13.8 Å². The van der Waals surface area contributed by atoms with E-state index in [1.165, 1.54) is 21.6 Å². The molecule has 3 N–H and O–H groups in total. The molecule has 0 unspecified atom stereocenters. The summed E-state index contributed by atoms with van der Waals surface area (Å²) in [5.74, 6) is -2.98. The van der Waals surface area contributed by atoms with Gasteiger partial charge >= 0.3 is 5.97 Å². The van der Waals surface area contributed by atoms with Crippen molar-refractivity contribution >= 4 is 29.5 Å². The van der Waals surface area contributed by atoms with Gasteiger partial charge in [-0.25, -0.2) is 4.79 Å². The minimum absolute atomic E-state index is 0.350. The number of rotatable bonds is 3. The maximum Gasteiger partial charge on any atom is 0.327 e. The highest BCUT2D eigenvalue weighted by molar-refractivity contribution is 8.01. The molecule has 0 aliphatic carbocycles. The zero-order valence-corrected chi connectivity index (χ0v) is 14.4. The third kappa shape index (κ3) is 2.58. The summed E-state index contributed by atoms with van der Waals surface area (Å²) in [7, 11) is 0. The summed E-state index contributed by atoms with van der Waals surface area (Å²) in [5, 5.41) is 28.8. The fraction of sp³-hybridized carbons (Fsp3) is 0.800. The Morgan fingerprint density at radius 1 is 1.29 bits per heavy atom. The van der Waals surface area contributed by atoms with Crippen LogP contribution in [0.5, 0.6) is 0 Å². The van der Waals surface area contributed by atoms with Gasteiger partial charge in [0, 0.05) is 17.8 Å². The van der Waals surface area contributed by atoms with Crippen LogP contribution in [0.15, 0.2) is 0 Å². The lowest BCUT2D eigenvalue weighted by atomic mass is 9.87. The summed E-state index contributed by atoms with van der Waals surface area (Å²) >= 11 is 1.31. The van der Waals surface area contributed by atoms with Gasteiger partial charge < -0.3 is 25.1 Å². The Balaban J connectivity index is 1.72. The summed E-state index contributed by atoms with van der Waals surface area (Å²) in [6.07, 6.45) is -0.996. The van der Waals surface area contributed by atoms with Crippen LogP contribution in [-0.2, 0) is 14.4 Å². The SMILES string of the molecule is CC1(C)S[C@@H]2[C@H]([C@H](O)C(=O)N3CCC(O)CC3)C(=O)N2[C@H]1C(=O)O. The molecule has 0 aromatic heterocycles. The highest BCUT2D eigenvalue weighted by Gasteiger charge is 2.66. The molecule has 134 valence electrons. The van der Waals surface area contributed by atoms with Crippen LogP contribution in [0.4, 0.5) is 0 Å². The summed E-state index contributed by atoms with van der Waals surface area (Å²) in [6, 6.07) is -0.955. The zero-order valence-electron chi connectivity index (χ0n) is 13.6. The van der Waals surface area contributed by atoms with Crippen molar-refractivity contribution in [1.82, 2.24) is 9.80 Å². The number of carboxylic acids is 1. The molecule has 0 saturated carbocycles. The molecule has 0 spiro atoms. The average Bonchev–Trinajstić information content (AvgIpc) is 2.75. The Kier molecular flexibility index (Phi) is 4.29. The number of hydrogen-bond acceptors (Lipinski definition) is 6. The van der Waals surface area contributed by atoms with Gasteiger partial charge in [-0.05, 0) is 26.7 Å². The molecular weight excluding hydrogens is 336 g/mol. The number of carboxylic acid groups (broad SMARTS) is 1. The molecule has 9 heteroatoms. The lowest BCUT2D eigenvalue weighted by Gasteiger charge is -2.45. The molecule has 4 atom stereocenters. The molecule has 3 aliphatic heterocycles. The van der Waals surface area contributed by atoms with E-state index in [0.717, 1.165) is 0 Å². The number of piperidine rings is 1. The number of carbonyl (C=O) groups excluding carboxylic acids is 2. The standard InChI is InChI=1S/C15H22N2O6S/c1-15(2)10(14(22)23)17-11(20)8(13(17)24-15)9(19)12(21)16-5-3-7(18)4-6-16/h7-10,13,18-19H,3-6H2,1-2H3,(H,22,23)/t8-,9+,10+,13-/m1/s1. The number of carbonyl (C=O) groups is 3. The molecule has 0 radical (unpaired) electrons. The number of nitrogens with zero attached hydrogens (tertiary/aromatic N) is 2. The van der Waals surface area contributed by atoms with Crippen molar-refractivity contribution in [2.75, 3.05) is 13.1 Å². The first-order valence-corrected chi connectivity index (χ1v) is 8.91.